The first kappa shape index (κ1) is 17.6. The van der Waals surface area contributed by atoms with Gasteiger partial charge in [0.15, 0.2) is 17.7 Å². The summed E-state index contributed by atoms with van der Waals surface area (Å²) in [6, 6.07) is 8.19. The number of hydrogen-bond donors (Lipinski definition) is 1. The summed E-state index contributed by atoms with van der Waals surface area (Å²) in [5, 5.41) is 2.68. The molecule has 28 heavy (non-hydrogen) atoms. The van der Waals surface area contributed by atoms with Gasteiger partial charge in [-0.1, -0.05) is 17.9 Å². The van der Waals surface area contributed by atoms with Crippen molar-refractivity contribution < 1.29 is 18.3 Å². The highest BCUT2D eigenvalue weighted by Crippen LogP contribution is 2.37. The van der Waals surface area contributed by atoms with Gasteiger partial charge in [-0.3, -0.25) is 9.97 Å². The molecule has 1 aromatic carbocycles. The molecule has 1 aliphatic heterocycles. The van der Waals surface area contributed by atoms with Crippen LogP contribution in [0.4, 0.5) is 13.6 Å². The van der Waals surface area contributed by atoms with E-state index in [2.05, 4.69) is 27.1 Å². The van der Waals surface area contributed by atoms with Crippen LogP contribution in [-0.4, -0.2) is 16.1 Å². The molecule has 0 aliphatic carbocycles. The second-order valence-electron chi connectivity index (χ2n) is 6.12. The number of amides is 1. The summed E-state index contributed by atoms with van der Waals surface area (Å²) in [7, 11) is 0. The SMILES string of the molecule is O=C1N[C@H](c2cncc(C#Cc3cccnc3)c2)[C@@H](c2ccc(F)c(F)c2)O1. The van der Waals surface area contributed by atoms with Crippen molar-refractivity contribution in [2.75, 3.05) is 0 Å². The molecule has 2 atom stereocenters. The van der Waals surface area contributed by atoms with Gasteiger partial charge in [-0.2, -0.15) is 0 Å². The third kappa shape index (κ3) is 3.67. The van der Waals surface area contributed by atoms with Gasteiger partial charge in [0.05, 0.1) is 0 Å². The van der Waals surface area contributed by atoms with E-state index in [4.69, 9.17) is 4.74 Å². The van der Waals surface area contributed by atoms with Crippen LogP contribution >= 0.6 is 0 Å². The fourth-order valence-corrected chi connectivity index (χ4v) is 2.91. The number of halogens is 2. The van der Waals surface area contributed by atoms with E-state index in [1.54, 1.807) is 36.9 Å². The van der Waals surface area contributed by atoms with Gasteiger partial charge in [0.25, 0.3) is 0 Å². The van der Waals surface area contributed by atoms with Gasteiger partial charge in [-0.05, 0) is 41.5 Å². The number of carbonyl (C=O) groups is 1. The largest absolute Gasteiger partial charge is 0.439 e. The van der Waals surface area contributed by atoms with Crippen molar-refractivity contribution in [1.29, 1.82) is 0 Å². The van der Waals surface area contributed by atoms with Gasteiger partial charge >= 0.3 is 6.09 Å². The Morgan fingerprint density at radius 3 is 2.54 bits per heavy atom. The van der Waals surface area contributed by atoms with Crippen LogP contribution in [0.2, 0.25) is 0 Å². The average molecular weight is 377 g/mol. The van der Waals surface area contributed by atoms with E-state index < -0.39 is 29.9 Å². The summed E-state index contributed by atoms with van der Waals surface area (Å²) in [6.45, 7) is 0. The fraction of sp³-hybridized carbons (Fsp3) is 0.0952. The lowest BCUT2D eigenvalue weighted by Crippen LogP contribution is -2.20. The number of pyridine rings is 2. The number of cyclic esters (lactones) is 1. The number of hydrogen-bond acceptors (Lipinski definition) is 4. The summed E-state index contributed by atoms with van der Waals surface area (Å²) < 4.78 is 32.1. The maximum absolute atomic E-state index is 13.6. The third-order valence-electron chi connectivity index (χ3n) is 4.21. The molecule has 0 bridgehead atoms. The predicted molar refractivity (Wildman–Crippen MR) is 95.9 cm³/mol. The highest BCUT2D eigenvalue weighted by molar-refractivity contribution is 5.71. The Labute approximate surface area is 159 Å². The van der Waals surface area contributed by atoms with Crippen LogP contribution in [0.15, 0.2) is 61.2 Å². The number of ether oxygens (including phenoxy) is 1. The summed E-state index contributed by atoms with van der Waals surface area (Å²) in [5.74, 6) is 4.00. The number of benzene rings is 1. The van der Waals surface area contributed by atoms with Crippen LogP contribution in [0.5, 0.6) is 0 Å². The topological polar surface area (TPSA) is 64.1 Å². The van der Waals surface area contributed by atoms with E-state index in [1.807, 2.05) is 6.07 Å². The Morgan fingerprint density at radius 1 is 0.929 bits per heavy atom. The van der Waals surface area contributed by atoms with Crippen LogP contribution in [0.1, 0.15) is 34.4 Å². The lowest BCUT2D eigenvalue weighted by atomic mass is 9.96. The monoisotopic (exact) mass is 377 g/mol. The van der Waals surface area contributed by atoms with E-state index >= 15 is 0 Å². The first-order valence-corrected chi connectivity index (χ1v) is 8.39. The zero-order chi connectivity index (χ0) is 19.5. The summed E-state index contributed by atoms with van der Waals surface area (Å²) in [5.41, 5.74) is 2.37. The molecule has 5 nitrogen and oxygen atoms in total. The molecule has 3 aromatic rings. The van der Waals surface area contributed by atoms with Gasteiger partial charge in [0.2, 0.25) is 0 Å². The maximum Gasteiger partial charge on any atom is 0.408 e. The molecule has 7 heteroatoms. The number of rotatable bonds is 2. The van der Waals surface area contributed by atoms with E-state index in [1.165, 1.54) is 6.07 Å². The van der Waals surface area contributed by atoms with Gasteiger partial charge in [-0.15, -0.1) is 0 Å². The van der Waals surface area contributed by atoms with E-state index in [0.29, 0.717) is 16.7 Å². The molecule has 0 saturated carbocycles. The quantitative estimate of drug-likeness (QED) is 0.692. The number of alkyl carbamates (subject to hydrolysis) is 1. The van der Waals surface area contributed by atoms with Crippen LogP contribution in [-0.2, 0) is 4.74 Å². The van der Waals surface area contributed by atoms with Crippen molar-refractivity contribution >= 4 is 6.09 Å². The molecule has 1 amide bonds. The minimum absolute atomic E-state index is 0.342. The number of nitrogens with one attached hydrogen (secondary N) is 1. The smallest absolute Gasteiger partial charge is 0.408 e. The molecule has 3 heterocycles. The van der Waals surface area contributed by atoms with Gasteiger partial charge in [-0.25, -0.2) is 13.6 Å². The normalized spacial score (nSPS) is 18.0. The second-order valence-corrected chi connectivity index (χ2v) is 6.12. The number of carbonyl (C=O) groups excluding carboxylic acids is 1. The highest BCUT2D eigenvalue weighted by Gasteiger charge is 2.37. The molecule has 1 aliphatic rings. The first-order valence-electron chi connectivity index (χ1n) is 8.39. The number of aromatic nitrogens is 2. The molecule has 0 radical (unpaired) electrons. The van der Waals surface area contributed by atoms with Gasteiger partial charge < -0.3 is 10.1 Å². The van der Waals surface area contributed by atoms with E-state index in [0.717, 1.165) is 17.7 Å². The molecule has 1 fully saturated rings. The third-order valence-corrected chi connectivity index (χ3v) is 4.21. The molecule has 1 saturated heterocycles. The Balaban J connectivity index is 1.64. The first-order chi connectivity index (χ1) is 13.6. The summed E-state index contributed by atoms with van der Waals surface area (Å²) in [6.07, 6.45) is 5.01. The van der Waals surface area contributed by atoms with Crippen molar-refractivity contribution in [3.63, 3.8) is 0 Å². The minimum Gasteiger partial charge on any atom is -0.439 e. The number of nitrogens with zero attached hydrogens (tertiary/aromatic N) is 2. The molecule has 1 N–H and O–H groups in total. The molecular formula is C21H13F2N3O2. The predicted octanol–water partition coefficient (Wildman–Crippen LogP) is 3.68. The van der Waals surface area contributed by atoms with Crippen molar-refractivity contribution in [3.05, 3.63) is 95.1 Å². The lowest BCUT2D eigenvalue weighted by molar-refractivity contribution is 0.132. The standard InChI is InChI=1S/C21H13F2N3O2/c22-17-6-5-15(9-18(17)23)20-19(26-21(27)28-20)16-8-14(11-25-12-16)4-3-13-2-1-7-24-10-13/h1-2,5-12,19-20H,(H,26,27)/t19-,20-/m1/s1. The summed E-state index contributed by atoms with van der Waals surface area (Å²) in [4.78, 5) is 20.0. The van der Waals surface area contributed by atoms with Crippen LogP contribution in [0.25, 0.3) is 0 Å². The molecular weight excluding hydrogens is 364 g/mol. The van der Waals surface area contributed by atoms with Crippen molar-refractivity contribution in [2.45, 2.75) is 12.1 Å². The Bertz CT molecular complexity index is 1090. The van der Waals surface area contributed by atoms with Crippen LogP contribution in [0.3, 0.4) is 0 Å². The van der Waals surface area contributed by atoms with E-state index in [9.17, 15) is 13.6 Å². The fourth-order valence-electron chi connectivity index (χ4n) is 2.91. The molecule has 138 valence electrons. The van der Waals surface area contributed by atoms with Crippen molar-refractivity contribution in [2.24, 2.45) is 0 Å². The molecule has 2 aromatic heterocycles. The maximum atomic E-state index is 13.6. The molecule has 0 spiro atoms. The Kier molecular flexibility index (Phi) is 4.68. The molecule has 4 rings (SSSR count). The average Bonchev–Trinajstić information content (AvgIpc) is 3.11. The lowest BCUT2D eigenvalue weighted by Gasteiger charge is -2.17. The zero-order valence-electron chi connectivity index (χ0n) is 14.4. The van der Waals surface area contributed by atoms with Crippen LogP contribution in [0, 0.1) is 23.5 Å². The highest BCUT2D eigenvalue weighted by atomic mass is 19.2. The van der Waals surface area contributed by atoms with Crippen molar-refractivity contribution in [3.8, 4) is 11.8 Å². The Hall–Kier alpha value is -3.79. The minimum atomic E-state index is -1.01. The van der Waals surface area contributed by atoms with Gasteiger partial charge in [0, 0.05) is 35.9 Å². The van der Waals surface area contributed by atoms with Crippen LogP contribution < -0.4 is 5.32 Å². The molecule has 0 unspecified atom stereocenters. The van der Waals surface area contributed by atoms with E-state index in [-0.39, 0.29) is 0 Å². The summed E-state index contributed by atoms with van der Waals surface area (Å²) >= 11 is 0. The second kappa shape index (κ2) is 7.45. The van der Waals surface area contributed by atoms with Gasteiger partial charge in [0.1, 0.15) is 6.04 Å². The zero-order valence-corrected chi connectivity index (χ0v) is 14.4. The Morgan fingerprint density at radius 2 is 1.75 bits per heavy atom. The van der Waals surface area contributed by atoms with Crippen molar-refractivity contribution in [1.82, 2.24) is 15.3 Å².